The van der Waals surface area contributed by atoms with Gasteiger partial charge in [-0.15, -0.1) is 0 Å². The van der Waals surface area contributed by atoms with E-state index in [9.17, 15) is 10.1 Å². The predicted molar refractivity (Wildman–Crippen MR) is 95.9 cm³/mol. The highest BCUT2D eigenvalue weighted by molar-refractivity contribution is 9.10. The van der Waals surface area contributed by atoms with E-state index in [1.807, 2.05) is 24.3 Å². The lowest BCUT2D eigenvalue weighted by molar-refractivity contribution is 0.431. The number of fused-ring (bicyclic) bond motifs is 3. The first-order chi connectivity index (χ1) is 12.1. The van der Waals surface area contributed by atoms with Gasteiger partial charge in [0.05, 0.1) is 17.0 Å². The molecule has 0 fully saturated rings. The molecule has 2 aromatic carbocycles. The molecule has 4 rings (SSSR count). The second-order valence-corrected chi connectivity index (χ2v) is 6.65. The molecule has 2 heterocycles. The number of para-hydroxylation sites is 1. The van der Waals surface area contributed by atoms with Crippen molar-refractivity contribution in [3.8, 4) is 11.8 Å². The Morgan fingerprint density at radius 2 is 1.84 bits per heavy atom. The summed E-state index contributed by atoms with van der Waals surface area (Å²) in [5.74, 6) is -1.37. The van der Waals surface area contributed by atoms with Gasteiger partial charge in [-0.05, 0) is 29.8 Å². The van der Waals surface area contributed by atoms with E-state index < -0.39 is 17.5 Å². The molecule has 6 heteroatoms. The van der Waals surface area contributed by atoms with Crippen LogP contribution in [0.4, 0.5) is 0 Å². The molecule has 122 valence electrons. The van der Waals surface area contributed by atoms with Gasteiger partial charge in [0.2, 0.25) is 5.90 Å². The van der Waals surface area contributed by atoms with E-state index in [4.69, 9.17) is 14.6 Å². The lowest BCUT2D eigenvalue weighted by atomic mass is 9.79. The smallest absolute Gasteiger partial charge is 0.343 e. The first kappa shape index (κ1) is 15.6. The van der Waals surface area contributed by atoms with Crippen molar-refractivity contribution in [3.05, 3.63) is 74.6 Å². The molecule has 1 aromatic heterocycles. The third-order valence-electron chi connectivity index (χ3n) is 4.31. The molecule has 1 N–H and O–H groups in total. The van der Waals surface area contributed by atoms with Crippen LogP contribution in [-0.2, 0) is 0 Å². The van der Waals surface area contributed by atoms with Crippen LogP contribution in [0.15, 0.2) is 62.2 Å². The minimum Gasteiger partial charge on any atom is -0.441 e. The van der Waals surface area contributed by atoms with Gasteiger partial charge in [0, 0.05) is 10.4 Å². The maximum atomic E-state index is 12.7. The molecule has 1 aliphatic rings. The maximum absolute atomic E-state index is 12.7. The summed E-state index contributed by atoms with van der Waals surface area (Å²) in [5, 5.41) is 18.3. The number of halogens is 1. The van der Waals surface area contributed by atoms with Gasteiger partial charge in [0.15, 0.2) is 5.75 Å². The number of nitriles is 1. The Morgan fingerprint density at radius 3 is 2.56 bits per heavy atom. The van der Waals surface area contributed by atoms with Crippen LogP contribution in [0.3, 0.4) is 0 Å². The second-order valence-electron chi connectivity index (χ2n) is 5.73. The fourth-order valence-corrected chi connectivity index (χ4v) is 3.43. The molecule has 1 aliphatic heterocycles. The molecular formula is C19H11BrN2O3. The Balaban J connectivity index is 2.06. The molecule has 25 heavy (non-hydrogen) atoms. The molecular weight excluding hydrogens is 384 g/mol. The van der Waals surface area contributed by atoms with E-state index in [1.54, 1.807) is 24.3 Å². The summed E-state index contributed by atoms with van der Waals surface area (Å²) in [6.07, 6.45) is 0. The molecule has 3 aromatic rings. The van der Waals surface area contributed by atoms with Gasteiger partial charge < -0.3 is 9.15 Å². The molecule has 0 aliphatic carbocycles. The summed E-state index contributed by atoms with van der Waals surface area (Å²) >= 11 is 3.38. The monoisotopic (exact) mass is 394 g/mol. The van der Waals surface area contributed by atoms with Crippen LogP contribution >= 0.6 is 15.9 Å². The van der Waals surface area contributed by atoms with Crippen molar-refractivity contribution in [1.82, 2.24) is 0 Å². The lowest BCUT2D eigenvalue weighted by Crippen LogP contribution is -2.34. The first-order valence-electron chi connectivity index (χ1n) is 7.57. The highest BCUT2D eigenvalue weighted by atomic mass is 79.9. The van der Waals surface area contributed by atoms with Crippen LogP contribution in [0.1, 0.15) is 17.0 Å². The molecule has 2 atom stereocenters. The molecule has 0 bridgehead atoms. The fraction of sp³-hybridized carbons (Fsp3) is 0.105. The summed E-state index contributed by atoms with van der Waals surface area (Å²) in [7, 11) is 0. The summed E-state index contributed by atoms with van der Waals surface area (Å²) in [5.41, 5.74) is 0.883. The van der Waals surface area contributed by atoms with E-state index in [1.165, 1.54) is 0 Å². The van der Waals surface area contributed by atoms with E-state index in [2.05, 4.69) is 22.0 Å². The molecule has 0 amide bonds. The Hall–Kier alpha value is -2.91. The van der Waals surface area contributed by atoms with Crippen LogP contribution in [-0.4, -0.2) is 5.90 Å². The Bertz CT molecular complexity index is 1100. The SMILES string of the molecule is N#C[C@@H]1C(=N)Oc2c(c(=O)oc3ccccc23)[C@@H]1c1ccc(Br)cc1. The lowest BCUT2D eigenvalue weighted by Gasteiger charge is -2.29. The molecule has 5 nitrogen and oxygen atoms in total. The number of hydrogen-bond donors (Lipinski definition) is 1. The Morgan fingerprint density at radius 1 is 1.12 bits per heavy atom. The van der Waals surface area contributed by atoms with Crippen LogP contribution in [0.2, 0.25) is 0 Å². The van der Waals surface area contributed by atoms with Crippen LogP contribution in [0, 0.1) is 22.7 Å². The van der Waals surface area contributed by atoms with Gasteiger partial charge >= 0.3 is 5.63 Å². The Kier molecular flexibility index (Phi) is 3.66. The quantitative estimate of drug-likeness (QED) is 0.626. The van der Waals surface area contributed by atoms with Crippen molar-refractivity contribution in [1.29, 1.82) is 10.7 Å². The summed E-state index contributed by atoms with van der Waals surface area (Å²) in [4.78, 5) is 12.7. The van der Waals surface area contributed by atoms with Gasteiger partial charge in [0.25, 0.3) is 0 Å². The molecule has 0 spiro atoms. The third kappa shape index (κ3) is 2.44. The zero-order valence-corrected chi connectivity index (χ0v) is 14.4. The zero-order chi connectivity index (χ0) is 17.6. The first-order valence-corrected chi connectivity index (χ1v) is 8.36. The average Bonchev–Trinajstić information content (AvgIpc) is 2.61. The number of benzene rings is 2. The second kappa shape index (κ2) is 5.87. The van der Waals surface area contributed by atoms with Crippen molar-refractivity contribution in [2.45, 2.75) is 5.92 Å². The fourth-order valence-electron chi connectivity index (χ4n) is 3.17. The van der Waals surface area contributed by atoms with Crippen molar-refractivity contribution in [3.63, 3.8) is 0 Å². The van der Waals surface area contributed by atoms with Gasteiger partial charge in [-0.1, -0.05) is 40.2 Å². The van der Waals surface area contributed by atoms with Crippen LogP contribution < -0.4 is 10.4 Å². The van der Waals surface area contributed by atoms with Gasteiger partial charge in [0.1, 0.15) is 11.5 Å². The van der Waals surface area contributed by atoms with Gasteiger partial charge in [-0.25, -0.2) is 4.79 Å². The minimum absolute atomic E-state index is 0.168. The van der Waals surface area contributed by atoms with E-state index in [0.29, 0.717) is 16.7 Å². The number of nitrogens with one attached hydrogen (secondary N) is 1. The van der Waals surface area contributed by atoms with Crippen molar-refractivity contribution >= 4 is 32.8 Å². The average molecular weight is 395 g/mol. The van der Waals surface area contributed by atoms with Gasteiger partial charge in [-0.2, -0.15) is 5.26 Å². The summed E-state index contributed by atoms with van der Waals surface area (Å²) in [6.45, 7) is 0. The van der Waals surface area contributed by atoms with Crippen LogP contribution in [0.25, 0.3) is 11.0 Å². The highest BCUT2D eigenvalue weighted by Crippen LogP contribution is 2.43. The summed E-state index contributed by atoms with van der Waals surface area (Å²) in [6, 6.07) is 16.4. The normalized spacial score (nSPS) is 19.1. The minimum atomic E-state index is -0.891. The van der Waals surface area contributed by atoms with Crippen LogP contribution in [0.5, 0.6) is 5.75 Å². The molecule has 0 unspecified atom stereocenters. The van der Waals surface area contributed by atoms with Crippen molar-refractivity contribution in [2.24, 2.45) is 5.92 Å². The topological polar surface area (TPSA) is 87.1 Å². The Labute approximate surface area is 151 Å². The molecule has 0 radical (unpaired) electrons. The van der Waals surface area contributed by atoms with Gasteiger partial charge in [-0.3, -0.25) is 5.41 Å². The number of ether oxygens (including phenoxy) is 1. The van der Waals surface area contributed by atoms with E-state index in [-0.39, 0.29) is 11.5 Å². The summed E-state index contributed by atoms with van der Waals surface area (Å²) < 4.78 is 11.9. The zero-order valence-electron chi connectivity index (χ0n) is 12.8. The number of nitrogens with zero attached hydrogens (tertiary/aromatic N) is 1. The largest absolute Gasteiger partial charge is 0.441 e. The molecule has 0 saturated carbocycles. The predicted octanol–water partition coefficient (Wildman–Crippen LogP) is 4.20. The number of hydrogen-bond acceptors (Lipinski definition) is 5. The number of rotatable bonds is 1. The third-order valence-corrected chi connectivity index (χ3v) is 4.83. The highest BCUT2D eigenvalue weighted by Gasteiger charge is 2.40. The maximum Gasteiger partial charge on any atom is 0.343 e. The van der Waals surface area contributed by atoms with E-state index in [0.717, 1.165) is 10.0 Å². The van der Waals surface area contributed by atoms with Crippen molar-refractivity contribution in [2.75, 3.05) is 0 Å². The standard InChI is InChI=1S/C19H11BrN2O3/c20-11-7-5-10(6-8-11)15-13(9-21)18(22)25-17-12-3-1-2-4-14(12)24-19(23)16(15)17/h1-8,13,15,22H/t13-,15+/m0/s1. The van der Waals surface area contributed by atoms with E-state index >= 15 is 0 Å². The van der Waals surface area contributed by atoms with Crippen molar-refractivity contribution < 1.29 is 9.15 Å². The molecule has 0 saturated heterocycles.